The Morgan fingerprint density at radius 1 is 1.23 bits per heavy atom. The molecule has 26 heavy (non-hydrogen) atoms. The van der Waals surface area contributed by atoms with E-state index in [9.17, 15) is 18.0 Å². The lowest BCUT2D eigenvalue weighted by molar-refractivity contribution is -0.235. The number of ether oxygens (including phenoxy) is 1. The summed E-state index contributed by atoms with van der Waals surface area (Å²) in [5, 5.41) is 2.99. The van der Waals surface area contributed by atoms with Gasteiger partial charge in [-0.2, -0.15) is 13.2 Å². The number of carbonyl (C=O) groups is 1. The number of alkyl halides is 3. The van der Waals surface area contributed by atoms with Gasteiger partial charge in [-0.05, 0) is 51.6 Å². The number of rotatable bonds is 3. The van der Waals surface area contributed by atoms with Gasteiger partial charge in [0.25, 0.3) is 0 Å². The molecule has 3 fully saturated rings. The van der Waals surface area contributed by atoms with E-state index in [1.54, 1.807) is 4.90 Å². The molecular formula is C18H30F3N3O2. The van der Waals surface area contributed by atoms with Gasteiger partial charge >= 0.3 is 12.2 Å². The number of nitrogens with one attached hydrogen (secondary N) is 1. The second-order valence-corrected chi connectivity index (χ2v) is 8.41. The number of hydrogen-bond donors (Lipinski definition) is 1. The van der Waals surface area contributed by atoms with Gasteiger partial charge < -0.3 is 19.9 Å². The van der Waals surface area contributed by atoms with Crippen molar-refractivity contribution in [3.8, 4) is 0 Å². The summed E-state index contributed by atoms with van der Waals surface area (Å²) < 4.78 is 45.6. The molecule has 1 aliphatic carbocycles. The maximum atomic E-state index is 13.4. The van der Waals surface area contributed by atoms with Crippen molar-refractivity contribution in [2.75, 3.05) is 46.9 Å². The van der Waals surface area contributed by atoms with Crippen molar-refractivity contribution in [2.45, 2.75) is 50.2 Å². The normalized spacial score (nSPS) is 28.1. The van der Waals surface area contributed by atoms with Gasteiger partial charge in [0.2, 0.25) is 0 Å². The van der Waals surface area contributed by atoms with Gasteiger partial charge in [-0.15, -0.1) is 0 Å². The summed E-state index contributed by atoms with van der Waals surface area (Å²) >= 11 is 0. The van der Waals surface area contributed by atoms with E-state index >= 15 is 0 Å². The van der Waals surface area contributed by atoms with Crippen molar-refractivity contribution in [1.82, 2.24) is 15.1 Å². The first-order chi connectivity index (χ1) is 12.2. The molecule has 2 amide bonds. The number of amides is 2. The monoisotopic (exact) mass is 377 g/mol. The number of halogens is 3. The van der Waals surface area contributed by atoms with Crippen LogP contribution in [0.5, 0.6) is 0 Å². The summed E-state index contributed by atoms with van der Waals surface area (Å²) in [6.07, 6.45) is -0.518. The van der Waals surface area contributed by atoms with Gasteiger partial charge in [-0.3, -0.25) is 0 Å². The highest BCUT2D eigenvalue weighted by molar-refractivity contribution is 5.74. The third-order valence-corrected chi connectivity index (χ3v) is 6.91. The summed E-state index contributed by atoms with van der Waals surface area (Å²) in [6, 6.07) is -0.232. The van der Waals surface area contributed by atoms with Crippen LogP contribution < -0.4 is 5.32 Å². The summed E-state index contributed by atoms with van der Waals surface area (Å²) in [4.78, 5) is 16.4. The zero-order valence-electron chi connectivity index (χ0n) is 15.7. The minimum Gasteiger partial charge on any atom is -0.381 e. The van der Waals surface area contributed by atoms with Crippen LogP contribution in [-0.2, 0) is 4.74 Å². The van der Waals surface area contributed by atoms with Crippen LogP contribution in [0.4, 0.5) is 18.0 Å². The quantitative estimate of drug-likeness (QED) is 0.823. The minimum absolute atomic E-state index is 0.0174. The fourth-order valence-electron chi connectivity index (χ4n) is 4.87. The molecule has 0 aromatic rings. The highest BCUT2D eigenvalue weighted by Gasteiger charge is 2.58. The SMILES string of the molecule is CN(C)C1(CNC(=O)N2CCC(C(F)(F)F)C3(CCC3)C2)CCOCC1. The number of likely N-dealkylation sites (tertiary alicyclic amines) is 1. The van der Waals surface area contributed by atoms with Crippen LogP contribution in [0.2, 0.25) is 0 Å². The Labute approximate surface area is 153 Å². The van der Waals surface area contributed by atoms with Crippen LogP contribution in [0.1, 0.15) is 38.5 Å². The first-order valence-electron chi connectivity index (χ1n) is 9.53. The van der Waals surface area contributed by atoms with Crippen molar-refractivity contribution in [3.05, 3.63) is 0 Å². The van der Waals surface area contributed by atoms with Crippen molar-refractivity contribution in [1.29, 1.82) is 0 Å². The highest BCUT2D eigenvalue weighted by atomic mass is 19.4. The zero-order chi connectivity index (χ0) is 19.0. The van der Waals surface area contributed by atoms with E-state index in [-0.39, 0.29) is 31.1 Å². The number of nitrogens with zero attached hydrogens (tertiary/aromatic N) is 2. The smallest absolute Gasteiger partial charge is 0.381 e. The molecule has 8 heteroatoms. The molecule has 0 radical (unpaired) electrons. The third kappa shape index (κ3) is 3.67. The molecule has 5 nitrogen and oxygen atoms in total. The van der Waals surface area contributed by atoms with Crippen LogP contribution in [0.3, 0.4) is 0 Å². The van der Waals surface area contributed by atoms with E-state index in [1.807, 2.05) is 14.1 Å². The second kappa shape index (κ2) is 7.19. The average Bonchev–Trinajstić information content (AvgIpc) is 2.57. The largest absolute Gasteiger partial charge is 0.392 e. The fraction of sp³-hybridized carbons (Fsp3) is 0.944. The molecule has 3 aliphatic rings. The summed E-state index contributed by atoms with van der Waals surface area (Å²) in [6.45, 7) is 2.22. The molecule has 150 valence electrons. The molecule has 1 saturated carbocycles. The number of urea groups is 1. The molecule has 0 bridgehead atoms. The fourth-order valence-corrected chi connectivity index (χ4v) is 4.87. The van der Waals surface area contributed by atoms with Crippen LogP contribution >= 0.6 is 0 Å². The van der Waals surface area contributed by atoms with E-state index < -0.39 is 17.5 Å². The van der Waals surface area contributed by atoms with E-state index in [0.29, 0.717) is 32.6 Å². The third-order valence-electron chi connectivity index (χ3n) is 6.91. The standard InChI is InChI=1S/C18H30F3N3O2/c1-23(2)17(7-10-26-11-8-17)12-22-15(25)24-9-4-14(18(19,20)21)16(13-24)5-3-6-16/h14H,3-13H2,1-2H3,(H,22,25). The maximum Gasteiger partial charge on any atom is 0.392 e. The zero-order valence-corrected chi connectivity index (χ0v) is 15.7. The Morgan fingerprint density at radius 2 is 1.88 bits per heavy atom. The Hall–Kier alpha value is -1.02. The van der Waals surface area contributed by atoms with Crippen molar-refractivity contribution in [2.24, 2.45) is 11.3 Å². The van der Waals surface area contributed by atoms with Gasteiger partial charge in [0.05, 0.1) is 5.92 Å². The number of carbonyl (C=O) groups excluding carboxylic acids is 1. The van der Waals surface area contributed by atoms with Crippen LogP contribution in [0.25, 0.3) is 0 Å². The molecule has 2 heterocycles. The predicted molar refractivity (Wildman–Crippen MR) is 91.9 cm³/mol. The van der Waals surface area contributed by atoms with Gasteiger partial charge in [-0.25, -0.2) is 4.79 Å². The Morgan fingerprint density at radius 3 is 2.38 bits per heavy atom. The van der Waals surface area contributed by atoms with Crippen LogP contribution in [0, 0.1) is 11.3 Å². The van der Waals surface area contributed by atoms with E-state index in [4.69, 9.17) is 4.74 Å². The summed E-state index contributed by atoms with van der Waals surface area (Å²) in [5.74, 6) is -1.27. The molecule has 1 spiro atoms. The molecule has 1 unspecified atom stereocenters. The lowest BCUT2D eigenvalue weighted by atomic mass is 9.58. The Bertz CT molecular complexity index is 514. The molecule has 2 saturated heterocycles. The predicted octanol–water partition coefficient (Wildman–Crippen LogP) is 2.86. The number of piperidine rings is 1. The van der Waals surface area contributed by atoms with Gasteiger partial charge in [0, 0.05) is 38.4 Å². The van der Waals surface area contributed by atoms with Gasteiger partial charge in [-0.1, -0.05) is 6.42 Å². The molecule has 3 rings (SSSR count). The molecule has 1 atom stereocenters. The van der Waals surface area contributed by atoms with Crippen LogP contribution in [-0.4, -0.2) is 74.5 Å². The van der Waals surface area contributed by atoms with Gasteiger partial charge in [0.1, 0.15) is 0 Å². The van der Waals surface area contributed by atoms with Crippen molar-refractivity contribution >= 4 is 6.03 Å². The van der Waals surface area contributed by atoms with Crippen molar-refractivity contribution in [3.63, 3.8) is 0 Å². The number of hydrogen-bond acceptors (Lipinski definition) is 3. The summed E-state index contributed by atoms with van der Waals surface area (Å²) in [7, 11) is 3.99. The average molecular weight is 377 g/mol. The molecule has 0 aromatic heterocycles. The first kappa shape index (κ1) is 19.7. The first-order valence-corrected chi connectivity index (χ1v) is 9.53. The Balaban J connectivity index is 1.60. The minimum atomic E-state index is -4.17. The molecule has 2 aliphatic heterocycles. The van der Waals surface area contributed by atoms with E-state index in [1.165, 1.54) is 0 Å². The Kier molecular flexibility index (Phi) is 5.45. The maximum absolute atomic E-state index is 13.4. The lowest BCUT2D eigenvalue weighted by Crippen LogP contribution is -2.61. The molecule has 0 aromatic carbocycles. The molecular weight excluding hydrogens is 347 g/mol. The second-order valence-electron chi connectivity index (χ2n) is 8.41. The topological polar surface area (TPSA) is 44.8 Å². The highest BCUT2D eigenvalue weighted by Crippen LogP contribution is 2.56. The van der Waals surface area contributed by atoms with Crippen LogP contribution in [0.15, 0.2) is 0 Å². The molecule has 1 N–H and O–H groups in total. The lowest BCUT2D eigenvalue weighted by Gasteiger charge is -2.54. The van der Waals surface area contributed by atoms with Crippen molar-refractivity contribution < 1.29 is 22.7 Å². The van der Waals surface area contributed by atoms with Gasteiger partial charge in [0.15, 0.2) is 0 Å². The summed E-state index contributed by atoms with van der Waals surface area (Å²) in [5.41, 5.74) is -0.905. The number of likely N-dealkylation sites (N-methyl/N-ethyl adjacent to an activating group) is 1. The van der Waals surface area contributed by atoms with E-state index in [0.717, 1.165) is 19.3 Å². The van der Waals surface area contributed by atoms with E-state index in [2.05, 4.69) is 10.2 Å².